The molecule has 0 saturated carbocycles. The second-order valence-electron chi connectivity index (χ2n) is 7.17. The fourth-order valence-corrected chi connectivity index (χ4v) is 4.07. The molecule has 0 aliphatic carbocycles. The van der Waals surface area contributed by atoms with E-state index in [2.05, 4.69) is 5.32 Å². The third kappa shape index (κ3) is 5.36. The van der Waals surface area contributed by atoms with Crippen molar-refractivity contribution in [1.29, 1.82) is 0 Å². The highest BCUT2D eigenvalue weighted by molar-refractivity contribution is 6.42. The van der Waals surface area contributed by atoms with E-state index in [0.717, 1.165) is 5.56 Å². The van der Waals surface area contributed by atoms with E-state index in [1.165, 1.54) is 0 Å². The van der Waals surface area contributed by atoms with Gasteiger partial charge in [0.2, 0.25) is 0 Å². The summed E-state index contributed by atoms with van der Waals surface area (Å²) in [5.41, 5.74) is 2.66. The van der Waals surface area contributed by atoms with Crippen molar-refractivity contribution < 1.29 is 19.4 Å². The number of ether oxygens (including phenoxy) is 1. The Bertz CT molecular complexity index is 1170. The van der Waals surface area contributed by atoms with Crippen LogP contribution in [0.25, 0.3) is 6.08 Å². The number of esters is 1. The predicted octanol–water partition coefficient (Wildman–Crippen LogP) is 6.22. The minimum Gasteiger partial charge on any atom is -0.478 e. The Kier molecular flexibility index (Phi) is 7.67. The molecule has 1 aliphatic rings. The van der Waals surface area contributed by atoms with E-state index in [9.17, 15) is 14.7 Å². The third-order valence-corrected chi connectivity index (χ3v) is 5.93. The maximum atomic E-state index is 13.0. The number of nitrogens with one attached hydrogen (secondary N) is 1. The molecule has 0 fully saturated rings. The predicted molar refractivity (Wildman–Crippen MR) is 127 cm³/mol. The van der Waals surface area contributed by atoms with Gasteiger partial charge in [0.15, 0.2) is 0 Å². The zero-order valence-corrected chi connectivity index (χ0v) is 19.6. The normalized spacial score (nSPS) is 16.3. The smallest absolute Gasteiger partial charge is 0.337 e. The Hall–Kier alpha value is -2.73. The molecule has 8 heteroatoms. The zero-order valence-electron chi connectivity index (χ0n) is 17.3. The molecular weight excluding hydrogens is 473 g/mol. The van der Waals surface area contributed by atoms with Crippen LogP contribution in [0, 0.1) is 0 Å². The van der Waals surface area contributed by atoms with E-state index in [1.54, 1.807) is 68.5 Å². The molecule has 166 valence electrons. The van der Waals surface area contributed by atoms with Crippen LogP contribution in [0.2, 0.25) is 15.1 Å². The van der Waals surface area contributed by atoms with Gasteiger partial charge >= 0.3 is 11.9 Å². The van der Waals surface area contributed by atoms with Gasteiger partial charge in [-0.25, -0.2) is 9.59 Å². The Morgan fingerprint density at radius 2 is 1.75 bits per heavy atom. The SMILES string of the molecule is CC1=C(C(=O)O)C(c2cccc(Cl)c2)C(C(=O)OCC=Cc2ccc(Cl)c(Cl)c2)=C(C)N1. The van der Waals surface area contributed by atoms with E-state index in [0.29, 0.717) is 32.0 Å². The Balaban J connectivity index is 1.85. The molecule has 3 rings (SSSR count). The van der Waals surface area contributed by atoms with Crippen molar-refractivity contribution in [3.8, 4) is 0 Å². The molecule has 2 aromatic carbocycles. The van der Waals surface area contributed by atoms with Gasteiger partial charge in [-0.1, -0.05) is 59.1 Å². The number of halogens is 3. The number of carboxylic acid groups (broad SMARTS) is 1. The van der Waals surface area contributed by atoms with Crippen LogP contribution in [-0.4, -0.2) is 23.7 Å². The van der Waals surface area contributed by atoms with Gasteiger partial charge in [0.1, 0.15) is 6.61 Å². The van der Waals surface area contributed by atoms with E-state index in [4.69, 9.17) is 39.5 Å². The molecule has 1 heterocycles. The van der Waals surface area contributed by atoms with Crippen LogP contribution in [0.15, 0.2) is 71.1 Å². The molecule has 1 atom stereocenters. The van der Waals surface area contributed by atoms with Crippen LogP contribution < -0.4 is 5.32 Å². The number of allylic oxidation sites excluding steroid dienone is 2. The van der Waals surface area contributed by atoms with Crippen LogP contribution in [0.1, 0.15) is 30.9 Å². The van der Waals surface area contributed by atoms with Crippen molar-refractivity contribution in [2.24, 2.45) is 0 Å². The second-order valence-corrected chi connectivity index (χ2v) is 8.42. The topological polar surface area (TPSA) is 75.6 Å². The van der Waals surface area contributed by atoms with Crippen LogP contribution in [-0.2, 0) is 14.3 Å². The van der Waals surface area contributed by atoms with Gasteiger partial charge in [-0.15, -0.1) is 0 Å². The number of aliphatic carboxylic acids is 1. The average Bonchev–Trinajstić information content (AvgIpc) is 2.72. The molecule has 0 aromatic heterocycles. The number of hydrogen-bond acceptors (Lipinski definition) is 4. The van der Waals surface area contributed by atoms with Crippen molar-refractivity contribution in [2.75, 3.05) is 6.61 Å². The first kappa shape index (κ1) is 23.9. The summed E-state index contributed by atoms with van der Waals surface area (Å²) in [6, 6.07) is 11.9. The maximum Gasteiger partial charge on any atom is 0.337 e. The minimum absolute atomic E-state index is 0.0107. The van der Waals surface area contributed by atoms with Gasteiger partial charge in [0.05, 0.1) is 27.1 Å². The van der Waals surface area contributed by atoms with Crippen molar-refractivity contribution in [3.63, 3.8) is 0 Å². The second kappa shape index (κ2) is 10.3. The number of benzene rings is 2. The van der Waals surface area contributed by atoms with Crippen molar-refractivity contribution >= 4 is 52.8 Å². The monoisotopic (exact) mass is 491 g/mol. The highest BCUT2D eigenvalue weighted by atomic mass is 35.5. The first-order chi connectivity index (χ1) is 15.2. The van der Waals surface area contributed by atoms with Gasteiger partial charge in [-0.3, -0.25) is 0 Å². The lowest BCUT2D eigenvalue weighted by atomic mass is 9.80. The van der Waals surface area contributed by atoms with Crippen LogP contribution in [0.4, 0.5) is 0 Å². The Morgan fingerprint density at radius 1 is 1.03 bits per heavy atom. The average molecular weight is 493 g/mol. The van der Waals surface area contributed by atoms with E-state index >= 15 is 0 Å². The number of carbonyl (C=O) groups is 2. The van der Waals surface area contributed by atoms with Gasteiger partial charge < -0.3 is 15.2 Å². The van der Waals surface area contributed by atoms with E-state index in [1.807, 2.05) is 0 Å². The van der Waals surface area contributed by atoms with Crippen molar-refractivity contribution in [2.45, 2.75) is 19.8 Å². The number of carboxylic acids is 1. The van der Waals surface area contributed by atoms with Crippen LogP contribution >= 0.6 is 34.8 Å². The molecule has 0 radical (unpaired) electrons. The molecule has 32 heavy (non-hydrogen) atoms. The molecule has 5 nitrogen and oxygen atoms in total. The van der Waals surface area contributed by atoms with Crippen molar-refractivity contribution in [3.05, 3.63) is 97.3 Å². The first-order valence-corrected chi connectivity index (χ1v) is 10.8. The summed E-state index contributed by atoms with van der Waals surface area (Å²) in [6.45, 7) is 3.36. The standard InChI is InChI=1S/C24H20Cl3NO4/c1-13-20(23(29)30)22(16-6-3-7-17(25)12-16)21(14(2)28-13)24(31)32-10-4-5-15-8-9-18(26)19(27)11-15/h3-9,11-12,22,28H,10H2,1-2H3,(H,29,30). The summed E-state index contributed by atoms with van der Waals surface area (Å²) in [5, 5.41) is 14.1. The van der Waals surface area contributed by atoms with E-state index < -0.39 is 17.9 Å². The molecule has 2 aromatic rings. The zero-order chi connectivity index (χ0) is 23.4. The molecular formula is C24H20Cl3NO4. The Morgan fingerprint density at radius 3 is 2.41 bits per heavy atom. The van der Waals surface area contributed by atoms with E-state index in [-0.39, 0.29) is 17.8 Å². The minimum atomic E-state index is -1.13. The summed E-state index contributed by atoms with van der Waals surface area (Å²) in [5.74, 6) is -2.57. The molecule has 0 amide bonds. The number of hydrogen-bond donors (Lipinski definition) is 2. The lowest BCUT2D eigenvalue weighted by Gasteiger charge is -2.29. The third-order valence-electron chi connectivity index (χ3n) is 4.96. The molecule has 2 N–H and O–H groups in total. The Labute approximate surface area is 200 Å². The van der Waals surface area contributed by atoms with Crippen LogP contribution in [0.5, 0.6) is 0 Å². The molecule has 1 unspecified atom stereocenters. The van der Waals surface area contributed by atoms with Crippen LogP contribution in [0.3, 0.4) is 0 Å². The fraction of sp³-hybridized carbons (Fsp3) is 0.167. The summed E-state index contributed by atoms with van der Waals surface area (Å²) in [7, 11) is 0. The summed E-state index contributed by atoms with van der Waals surface area (Å²) in [6.07, 6.45) is 3.41. The van der Waals surface area contributed by atoms with Gasteiger partial charge in [-0.2, -0.15) is 0 Å². The van der Waals surface area contributed by atoms with Crippen molar-refractivity contribution in [1.82, 2.24) is 5.32 Å². The highest BCUT2D eigenvalue weighted by Gasteiger charge is 2.37. The van der Waals surface area contributed by atoms with Gasteiger partial charge in [-0.05, 0) is 55.3 Å². The number of rotatable bonds is 6. The largest absolute Gasteiger partial charge is 0.478 e. The lowest BCUT2D eigenvalue weighted by molar-refractivity contribution is -0.138. The molecule has 0 spiro atoms. The quantitative estimate of drug-likeness (QED) is 0.468. The maximum absolute atomic E-state index is 13.0. The first-order valence-electron chi connectivity index (χ1n) is 9.65. The molecule has 0 saturated heterocycles. The lowest BCUT2D eigenvalue weighted by Crippen LogP contribution is -2.31. The molecule has 1 aliphatic heterocycles. The number of carbonyl (C=O) groups excluding carboxylic acids is 1. The number of dihydropyridines is 1. The highest BCUT2D eigenvalue weighted by Crippen LogP contribution is 2.39. The molecule has 0 bridgehead atoms. The van der Waals surface area contributed by atoms with Gasteiger partial charge in [0.25, 0.3) is 0 Å². The van der Waals surface area contributed by atoms with Gasteiger partial charge in [0, 0.05) is 16.4 Å². The summed E-state index contributed by atoms with van der Waals surface area (Å²) >= 11 is 18.1. The fourth-order valence-electron chi connectivity index (χ4n) is 3.57. The summed E-state index contributed by atoms with van der Waals surface area (Å²) < 4.78 is 5.44. The summed E-state index contributed by atoms with van der Waals surface area (Å²) in [4.78, 5) is 25.1.